The molecule has 1 aromatic rings. The minimum atomic E-state index is 0.144. The van der Waals surface area contributed by atoms with Gasteiger partial charge in [-0.15, -0.1) is 0 Å². The summed E-state index contributed by atoms with van der Waals surface area (Å²) >= 11 is 0. The fourth-order valence-corrected chi connectivity index (χ4v) is 2.93. The maximum absolute atomic E-state index is 12.5. The van der Waals surface area contributed by atoms with Crippen molar-refractivity contribution in [2.75, 3.05) is 39.4 Å². The molecule has 26 heavy (non-hydrogen) atoms. The fraction of sp³-hybridized carbons (Fsp3) is 0.600. The smallest absolute Gasteiger partial charge is 0.253 e. The Hall–Kier alpha value is -2.08. The van der Waals surface area contributed by atoms with Crippen molar-refractivity contribution in [1.29, 1.82) is 0 Å². The normalized spacial score (nSPS) is 15.0. The lowest BCUT2D eigenvalue weighted by molar-refractivity contribution is 0.0724. The largest absolute Gasteiger partial charge is 0.380 e. The third-order valence-corrected chi connectivity index (χ3v) is 4.35. The van der Waals surface area contributed by atoms with E-state index in [0.717, 1.165) is 62.7 Å². The summed E-state index contributed by atoms with van der Waals surface area (Å²) in [5.41, 5.74) is 1.85. The van der Waals surface area contributed by atoms with E-state index >= 15 is 0 Å². The Morgan fingerprint density at radius 1 is 1.12 bits per heavy atom. The van der Waals surface area contributed by atoms with Crippen LogP contribution >= 0.6 is 0 Å². The lowest BCUT2D eigenvalue weighted by atomic mass is 10.1. The average Bonchev–Trinajstić information content (AvgIpc) is 2.70. The molecule has 0 bridgehead atoms. The van der Waals surface area contributed by atoms with Gasteiger partial charge in [-0.1, -0.05) is 12.1 Å². The number of nitrogens with zero attached hydrogens (tertiary/aromatic N) is 2. The number of likely N-dealkylation sites (tertiary alicyclic amines) is 1. The van der Waals surface area contributed by atoms with Crippen molar-refractivity contribution in [3.63, 3.8) is 0 Å². The van der Waals surface area contributed by atoms with Crippen LogP contribution < -0.4 is 10.6 Å². The molecule has 1 fully saturated rings. The maximum Gasteiger partial charge on any atom is 0.253 e. The van der Waals surface area contributed by atoms with Gasteiger partial charge < -0.3 is 20.3 Å². The summed E-state index contributed by atoms with van der Waals surface area (Å²) in [4.78, 5) is 19.1. The Balaban J connectivity index is 1.88. The van der Waals surface area contributed by atoms with Crippen LogP contribution in [0.5, 0.6) is 0 Å². The number of nitrogens with one attached hydrogen (secondary N) is 2. The van der Waals surface area contributed by atoms with E-state index in [1.165, 1.54) is 6.42 Å². The Morgan fingerprint density at radius 3 is 2.50 bits per heavy atom. The molecular formula is C20H32N4O2. The van der Waals surface area contributed by atoms with Gasteiger partial charge in [0.2, 0.25) is 0 Å². The predicted molar refractivity (Wildman–Crippen MR) is 106 cm³/mol. The zero-order valence-corrected chi connectivity index (χ0v) is 16.1. The zero-order chi connectivity index (χ0) is 18.6. The number of rotatable bonds is 8. The van der Waals surface area contributed by atoms with Crippen molar-refractivity contribution >= 4 is 11.9 Å². The van der Waals surface area contributed by atoms with E-state index < -0.39 is 0 Å². The minimum absolute atomic E-state index is 0.144. The number of ether oxygens (including phenoxy) is 1. The van der Waals surface area contributed by atoms with Gasteiger partial charge in [-0.3, -0.25) is 4.79 Å². The molecule has 0 aromatic heterocycles. The van der Waals surface area contributed by atoms with Crippen LogP contribution in [0.3, 0.4) is 0 Å². The van der Waals surface area contributed by atoms with Crippen LogP contribution in [0, 0.1) is 0 Å². The van der Waals surface area contributed by atoms with E-state index in [4.69, 9.17) is 4.74 Å². The second-order valence-electron chi connectivity index (χ2n) is 6.37. The first-order chi connectivity index (χ1) is 12.7. The Labute approximate surface area is 157 Å². The van der Waals surface area contributed by atoms with Crippen molar-refractivity contribution in [2.45, 2.75) is 39.7 Å². The van der Waals surface area contributed by atoms with Gasteiger partial charge in [-0.05, 0) is 50.8 Å². The number of piperidine rings is 1. The number of amides is 1. The average molecular weight is 361 g/mol. The number of hydrogen-bond acceptors (Lipinski definition) is 3. The van der Waals surface area contributed by atoms with Gasteiger partial charge in [0, 0.05) is 38.3 Å². The highest BCUT2D eigenvalue weighted by Gasteiger charge is 2.17. The van der Waals surface area contributed by atoms with Gasteiger partial charge in [0.15, 0.2) is 5.96 Å². The maximum atomic E-state index is 12.5. The number of guanidine groups is 1. The van der Waals surface area contributed by atoms with Gasteiger partial charge in [-0.25, -0.2) is 4.99 Å². The monoisotopic (exact) mass is 360 g/mol. The number of benzene rings is 1. The van der Waals surface area contributed by atoms with Crippen molar-refractivity contribution in [3.05, 3.63) is 35.4 Å². The molecule has 1 aliphatic rings. The number of aliphatic imine (C=N–C) groups is 1. The summed E-state index contributed by atoms with van der Waals surface area (Å²) in [5.74, 6) is 0.923. The Morgan fingerprint density at radius 2 is 1.85 bits per heavy atom. The van der Waals surface area contributed by atoms with E-state index in [9.17, 15) is 4.79 Å². The topological polar surface area (TPSA) is 66.0 Å². The second-order valence-corrected chi connectivity index (χ2v) is 6.37. The first-order valence-electron chi connectivity index (χ1n) is 9.72. The number of carbonyl (C=O) groups excluding carboxylic acids is 1. The Kier molecular flexibility index (Phi) is 8.96. The van der Waals surface area contributed by atoms with Crippen molar-refractivity contribution in [1.82, 2.24) is 15.5 Å². The van der Waals surface area contributed by atoms with Crippen molar-refractivity contribution in [2.24, 2.45) is 4.99 Å². The summed E-state index contributed by atoms with van der Waals surface area (Å²) in [6, 6.07) is 7.81. The van der Waals surface area contributed by atoms with E-state index in [1.807, 2.05) is 43.0 Å². The van der Waals surface area contributed by atoms with Gasteiger partial charge in [0.05, 0.1) is 13.2 Å². The molecule has 0 spiro atoms. The van der Waals surface area contributed by atoms with E-state index in [0.29, 0.717) is 13.2 Å². The predicted octanol–water partition coefficient (Wildman–Crippen LogP) is 2.40. The van der Waals surface area contributed by atoms with Crippen molar-refractivity contribution in [3.8, 4) is 0 Å². The van der Waals surface area contributed by atoms with Crippen LogP contribution in [0.2, 0.25) is 0 Å². The zero-order valence-electron chi connectivity index (χ0n) is 16.1. The molecule has 2 N–H and O–H groups in total. The second kappa shape index (κ2) is 11.5. The summed E-state index contributed by atoms with van der Waals surface area (Å²) < 4.78 is 5.33. The van der Waals surface area contributed by atoms with Gasteiger partial charge in [-0.2, -0.15) is 0 Å². The molecule has 6 nitrogen and oxygen atoms in total. The first-order valence-corrected chi connectivity index (χ1v) is 9.72. The van der Waals surface area contributed by atoms with Gasteiger partial charge in [0.25, 0.3) is 5.91 Å². The molecule has 1 amide bonds. The van der Waals surface area contributed by atoms with E-state index in [1.54, 1.807) is 0 Å². The van der Waals surface area contributed by atoms with Crippen LogP contribution in [-0.4, -0.2) is 56.2 Å². The van der Waals surface area contributed by atoms with Crippen LogP contribution in [-0.2, 0) is 11.3 Å². The third kappa shape index (κ3) is 6.67. The molecule has 0 aliphatic carbocycles. The summed E-state index contributed by atoms with van der Waals surface area (Å²) in [6.45, 7) is 9.27. The summed E-state index contributed by atoms with van der Waals surface area (Å²) in [7, 11) is 0. The SMILES string of the molecule is CCNC(=NCc1ccc(C(=O)N2CCCCC2)cc1)NCCOCC. The highest BCUT2D eigenvalue weighted by Crippen LogP contribution is 2.14. The lowest BCUT2D eigenvalue weighted by Gasteiger charge is -2.26. The van der Waals surface area contributed by atoms with Crippen LogP contribution in [0.1, 0.15) is 49.0 Å². The molecular weight excluding hydrogens is 328 g/mol. The molecule has 1 aliphatic heterocycles. The fourth-order valence-electron chi connectivity index (χ4n) is 2.93. The first kappa shape index (κ1) is 20.2. The minimum Gasteiger partial charge on any atom is -0.380 e. The summed E-state index contributed by atoms with van der Waals surface area (Å²) in [5, 5.41) is 6.48. The molecule has 1 heterocycles. The molecule has 0 unspecified atom stereocenters. The van der Waals surface area contributed by atoms with Crippen LogP contribution in [0.4, 0.5) is 0 Å². The highest BCUT2D eigenvalue weighted by atomic mass is 16.5. The summed E-state index contributed by atoms with van der Waals surface area (Å²) in [6.07, 6.45) is 3.46. The molecule has 1 saturated heterocycles. The highest BCUT2D eigenvalue weighted by molar-refractivity contribution is 5.94. The molecule has 0 radical (unpaired) electrons. The van der Waals surface area contributed by atoms with Crippen molar-refractivity contribution < 1.29 is 9.53 Å². The van der Waals surface area contributed by atoms with Crippen LogP contribution in [0.15, 0.2) is 29.3 Å². The molecule has 2 rings (SSSR count). The standard InChI is InChI=1S/C20H32N4O2/c1-3-21-20(22-12-15-26-4-2)23-16-17-8-10-18(11-9-17)19(25)24-13-6-5-7-14-24/h8-11H,3-7,12-16H2,1-2H3,(H2,21,22,23). The van der Waals surface area contributed by atoms with Gasteiger partial charge in [0.1, 0.15) is 0 Å². The number of hydrogen-bond donors (Lipinski definition) is 2. The molecule has 144 valence electrons. The van der Waals surface area contributed by atoms with E-state index in [-0.39, 0.29) is 5.91 Å². The molecule has 6 heteroatoms. The molecule has 1 aromatic carbocycles. The molecule has 0 atom stereocenters. The van der Waals surface area contributed by atoms with E-state index in [2.05, 4.69) is 15.6 Å². The van der Waals surface area contributed by atoms with Crippen LogP contribution in [0.25, 0.3) is 0 Å². The Bertz CT molecular complexity index is 566. The number of carbonyl (C=O) groups is 1. The van der Waals surface area contributed by atoms with Gasteiger partial charge >= 0.3 is 0 Å². The lowest BCUT2D eigenvalue weighted by Crippen LogP contribution is -2.39. The third-order valence-electron chi connectivity index (χ3n) is 4.35. The molecule has 0 saturated carbocycles. The quantitative estimate of drug-likeness (QED) is 0.424.